The summed E-state index contributed by atoms with van der Waals surface area (Å²) in [6.45, 7) is 0.437. The number of carbonyl (C=O) groups is 1. The minimum Gasteiger partial charge on any atom is -0.326 e. The minimum absolute atomic E-state index is 0.00787. The molecule has 8 nitrogen and oxygen atoms in total. The maximum atomic E-state index is 11.4. The molecule has 0 aliphatic carbocycles. The quantitative estimate of drug-likeness (QED) is 0.560. The number of hydrogen-bond acceptors (Lipinski definition) is 5. The maximum Gasteiger partial charge on any atom is 0.238 e. The second-order valence-electron chi connectivity index (χ2n) is 5.53. The van der Waals surface area contributed by atoms with Gasteiger partial charge in [-0.05, 0) is 29.8 Å². The summed E-state index contributed by atoms with van der Waals surface area (Å²) in [5.74, 6) is 0.369. The molecule has 3 rings (SSSR count). The topological polar surface area (TPSA) is 133 Å². The molecule has 0 spiro atoms. The molecule has 0 bridgehead atoms. The lowest BCUT2D eigenvalue weighted by molar-refractivity contribution is -0.105. The van der Waals surface area contributed by atoms with Crippen LogP contribution in [0.1, 0.15) is 5.56 Å². The summed E-state index contributed by atoms with van der Waals surface area (Å²) < 4.78 is 24.4. The van der Waals surface area contributed by atoms with Gasteiger partial charge in [-0.15, -0.1) is 5.10 Å². The third-order valence-electron chi connectivity index (χ3n) is 3.81. The Hall–Kier alpha value is -3.01. The first-order valence-electron chi connectivity index (χ1n) is 7.65. The lowest BCUT2D eigenvalue weighted by atomic mass is 10.1. The number of hydrogen-bond donors (Lipinski definition) is 3. The van der Waals surface area contributed by atoms with Gasteiger partial charge in [-0.25, -0.2) is 18.2 Å². The van der Waals surface area contributed by atoms with Crippen molar-refractivity contribution in [1.29, 1.82) is 0 Å². The van der Waals surface area contributed by atoms with Crippen molar-refractivity contribution in [1.82, 2.24) is 9.78 Å². The fraction of sp³-hybridized carbons (Fsp3) is 0.0588. The molecule has 0 aliphatic rings. The summed E-state index contributed by atoms with van der Waals surface area (Å²) in [6.07, 6.45) is 0.540. The highest BCUT2D eigenvalue weighted by Crippen LogP contribution is 2.26. The smallest absolute Gasteiger partial charge is 0.238 e. The zero-order valence-electron chi connectivity index (χ0n) is 13.7. The number of amides is 1. The van der Waals surface area contributed by atoms with E-state index in [0.29, 0.717) is 24.5 Å². The molecular formula is C17H17N5O3S. The second-order valence-corrected chi connectivity index (χ2v) is 7.09. The van der Waals surface area contributed by atoms with Crippen molar-refractivity contribution in [3.8, 4) is 16.9 Å². The van der Waals surface area contributed by atoms with Gasteiger partial charge >= 0.3 is 0 Å². The molecule has 9 heteroatoms. The summed E-state index contributed by atoms with van der Waals surface area (Å²) in [7, 11) is -3.78. The van der Waals surface area contributed by atoms with E-state index >= 15 is 0 Å². The standard InChI is InChI=1S/C17H17N5O3S/c18-10-12-1-3-13(4-2-12)16-9-17(20-11-23)21-22(16)14-5-7-15(8-6-14)26(19,24)25/h1-9,11H,10,18H2,(H2,19,24,25)(H,20,21,23). The Bertz CT molecular complexity index is 1030. The number of primary sulfonamides is 1. The largest absolute Gasteiger partial charge is 0.326 e. The summed E-state index contributed by atoms with van der Waals surface area (Å²) >= 11 is 0. The third-order valence-corrected chi connectivity index (χ3v) is 4.74. The zero-order chi connectivity index (χ0) is 18.7. The molecular weight excluding hydrogens is 354 g/mol. The molecule has 3 aromatic rings. The number of carbonyl (C=O) groups excluding carboxylic acids is 1. The Morgan fingerprint density at radius 2 is 1.73 bits per heavy atom. The van der Waals surface area contributed by atoms with Gasteiger partial charge in [0.25, 0.3) is 0 Å². The van der Waals surface area contributed by atoms with E-state index in [2.05, 4.69) is 10.4 Å². The molecule has 0 saturated heterocycles. The average Bonchev–Trinajstić information content (AvgIpc) is 3.05. The molecule has 0 aliphatic heterocycles. The molecule has 0 radical (unpaired) electrons. The predicted molar refractivity (Wildman–Crippen MR) is 98.0 cm³/mol. The maximum absolute atomic E-state index is 11.4. The molecule has 5 N–H and O–H groups in total. The van der Waals surface area contributed by atoms with Gasteiger partial charge in [0.2, 0.25) is 16.4 Å². The number of rotatable bonds is 6. The Balaban J connectivity index is 2.09. The Morgan fingerprint density at radius 3 is 2.27 bits per heavy atom. The SMILES string of the molecule is NCc1ccc(-c2cc(NC=O)nn2-c2ccc(S(N)(=O)=O)cc2)cc1. The first-order chi connectivity index (χ1) is 12.4. The van der Waals surface area contributed by atoms with Gasteiger partial charge in [-0.3, -0.25) is 4.79 Å². The van der Waals surface area contributed by atoms with Crippen LogP contribution in [0.3, 0.4) is 0 Å². The molecule has 0 saturated carbocycles. The summed E-state index contributed by atoms with van der Waals surface area (Å²) in [5, 5.41) is 12.0. The number of anilines is 1. The summed E-state index contributed by atoms with van der Waals surface area (Å²) in [6, 6.07) is 15.3. The second kappa shape index (κ2) is 7.08. The van der Waals surface area contributed by atoms with Crippen LogP contribution in [0.5, 0.6) is 0 Å². The van der Waals surface area contributed by atoms with Crippen LogP contribution in [-0.4, -0.2) is 24.6 Å². The van der Waals surface area contributed by atoms with Crippen molar-refractivity contribution in [3.63, 3.8) is 0 Å². The van der Waals surface area contributed by atoms with E-state index in [0.717, 1.165) is 16.8 Å². The lowest BCUT2D eigenvalue weighted by Crippen LogP contribution is -2.12. The van der Waals surface area contributed by atoms with Gasteiger partial charge in [0.05, 0.1) is 16.3 Å². The highest BCUT2D eigenvalue weighted by Gasteiger charge is 2.13. The van der Waals surface area contributed by atoms with Gasteiger partial charge in [0, 0.05) is 18.2 Å². The van der Waals surface area contributed by atoms with E-state index in [1.807, 2.05) is 24.3 Å². The molecule has 0 atom stereocenters. The van der Waals surface area contributed by atoms with Crippen LogP contribution in [0.2, 0.25) is 0 Å². The molecule has 1 aromatic heterocycles. The third kappa shape index (κ3) is 3.64. The number of benzene rings is 2. The Labute approximate surface area is 150 Å². The molecule has 134 valence electrons. The van der Waals surface area contributed by atoms with Crippen molar-refractivity contribution < 1.29 is 13.2 Å². The molecule has 26 heavy (non-hydrogen) atoms. The number of nitrogens with zero attached hydrogens (tertiary/aromatic N) is 2. The normalized spacial score (nSPS) is 11.3. The van der Waals surface area contributed by atoms with Crippen LogP contribution >= 0.6 is 0 Å². The van der Waals surface area contributed by atoms with E-state index in [9.17, 15) is 13.2 Å². The van der Waals surface area contributed by atoms with Crippen molar-refractivity contribution in [3.05, 3.63) is 60.2 Å². The van der Waals surface area contributed by atoms with Gasteiger partial charge in [-0.1, -0.05) is 24.3 Å². The van der Waals surface area contributed by atoms with Crippen molar-refractivity contribution in [2.75, 3.05) is 5.32 Å². The van der Waals surface area contributed by atoms with Crippen LogP contribution in [0.25, 0.3) is 16.9 Å². The molecule has 0 fully saturated rings. The summed E-state index contributed by atoms with van der Waals surface area (Å²) in [5.41, 5.74) is 8.82. The van der Waals surface area contributed by atoms with Crippen LogP contribution in [0.15, 0.2) is 59.5 Å². The lowest BCUT2D eigenvalue weighted by Gasteiger charge is -2.09. The van der Waals surface area contributed by atoms with Crippen molar-refractivity contribution in [2.45, 2.75) is 11.4 Å². The fourth-order valence-electron chi connectivity index (χ4n) is 2.50. The number of aromatic nitrogens is 2. The number of nitrogens with one attached hydrogen (secondary N) is 1. The van der Waals surface area contributed by atoms with Gasteiger partial charge in [0.1, 0.15) is 0 Å². The monoisotopic (exact) mass is 371 g/mol. The first kappa shape index (κ1) is 17.8. The van der Waals surface area contributed by atoms with Crippen LogP contribution in [0.4, 0.5) is 5.82 Å². The van der Waals surface area contributed by atoms with Gasteiger partial charge < -0.3 is 11.1 Å². The van der Waals surface area contributed by atoms with Crippen molar-refractivity contribution >= 4 is 22.3 Å². The van der Waals surface area contributed by atoms with E-state index in [4.69, 9.17) is 10.9 Å². The fourth-order valence-corrected chi connectivity index (χ4v) is 3.02. The number of sulfonamides is 1. The van der Waals surface area contributed by atoms with Crippen LogP contribution in [0, 0.1) is 0 Å². The zero-order valence-corrected chi connectivity index (χ0v) is 14.5. The molecule has 2 aromatic carbocycles. The van der Waals surface area contributed by atoms with E-state index in [1.54, 1.807) is 22.9 Å². The number of nitrogens with two attached hydrogens (primary N) is 2. The van der Waals surface area contributed by atoms with E-state index < -0.39 is 10.0 Å². The van der Waals surface area contributed by atoms with E-state index in [1.165, 1.54) is 12.1 Å². The highest BCUT2D eigenvalue weighted by atomic mass is 32.2. The predicted octanol–water partition coefficient (Wildman–Crippen LogP) is 1.21. The minimum atomic E-state index is -3.78. The van der Waals surface area contributed by atoms with Crippen LogP contribution in [-0.2, 0) is 21.4 Å². The molecule has 1 heterocycles. The Kier molecular flexibility index (Phi) is 4.85. The highest BCUT2D eigenvalue weighted by molar-refractivity contribution is 7.89. The molecule has 1 amide bonds. The average molecular weight is 371 g/mol. The van der Waals surface area contributed by atoms with E-state index in [-0.39, 0.29) is 4.90 Å². The van der Waals surface area contributed by atoms with Crippen LogP contribution < -0.4 is 16.2 Å². The summed E-state index contributed by atoms with van der Waals surface area (Å²) in [4.78, 5) is 10.8. The van der Waals surface area contributed by atoms with Gasteiger partial charge in [-0.2, -0.15) is 0 Å². The van der Waals surface area contributed by atoms with Crippen molar-refractivity contribution in [2.24, 2.45) is 10.9 Å². The molecule has 0 unspecified atom stereocenters. The van der Waals surface area contributed by atoms with Gasteiger partial charge in [0.15, 0.2) is 5.82 Å². The Morgan fingerprint density at radius 1 is 1.08 bits per heavy atom. The first-order valence-corrected chi connectivity index (χ1v) is 9.20.